The number of amides is 1. The Hall–Kier alpha value is -1.84. The monoisotopic (exact) mass is 557 g/mol. The molecule has 37 heavy (non-hydrogen) atoms. The average Bonchev–Trinajstić information content (AvgIpc) is 2.82. The van der Waals surface area contributed by atoms with Crippen LogP contribution in [0.25, 0.3) is 0 Å². The van der Waals surface area contributed by atoms with E-state index in [1.54, 1.807) is 17.0 Å². The minimum Gasteiger partial charge on any atom is -0.373 e. The molecule has 0 N–H and O–H groups in total. The summed E-state index contributed by atoms with van der Waals surface area (Å²) in [5, 5.41) is 0.509. The molecule has 4 rings (SSSR count). The Morgan fingerprint density at radius 1 is 0.919 bits per heavy atom. The number of piperazine rings is 1. The van der Waals surface area contributed by atoms with Gasteiger partial charge >= 0.3 is 6.18 Å². The first-order chi connectivity index (χ1) is 17.5. The third-order valence-corrected chi connectivity index (χ3v) is 7.38. The average molecular weight is 558 g/mol. The summed E-state index contributed by atoms with van der Waals surface area (Å²) in [6.07, 6.45) is -3.64. The normalized spacial score (nSPS) is 23.9. The first-order valence-electron chi connectivity index (χ1n) is 12.5. The van der Waals surface area contributed by atoms with E-state index in [2.05, 4.69) is 23.6 Å². The molecule has 2 aromatic carbocycles. The Morgan fingerprint density at radius 3 is 2.22 bits per heavy atom. The number of benzene rings is 2. The SMILES string of the molecule is C[C@@H]1CN(CCN2CCN(C(=O)c3cc(Cl)cc(C(F)(F)F)c3)[C@H](Cc3ccc(Cl)cc3)C2)C[C@H](C)O1. The number of morpholine rings is 1. The van der Waals surface area contributed by atoms with Crippen molar-refractivity contribution in [2.24, 2.45) is 0 Å². The third kappa shape index (κ3) is 7.60. The molecule has 1 amide bonds. The number of nitrogens with zero attached hydrogens (tertiary/aromatic N) is 3. The van der Waals surface area contributed by atoms with E-state index < -0.39 is 17.6 Å². The van der Waals surface area contributed by atoms with Gasteiger partial charge in [0.2, 0.25) is 0 Å². The van der Waals surface area contributed by atoms with Crippen LogP contribution in [-0.2, 0) is 17.3 Å². The Balaban J connectivity index is 1.50. The summed E-state index contributed by atoms with van der Waals surface area (Å²) < 4.78 is 46.0. The molecule has 0 aliphatic carbocycles. The topological polar surface area (TPSA) is 36.0 Å². The molecule has 2 heterocycles. The van der Waals surface area contributed by atoms with Crippen molar-refractivity contribution in [3.05, 3.63) is 69.2 Å². The molecule has 2 fully saturated rings. The van der Waals surface area contributed by atoms with Gasteiger partial charge in [-0.2, -0.15) is 13.2 Å². The van der Waals surface area contributed by atoms with Crippen molar-refractivity contribution in [3.8, 4) is 0 Å². The summed E-state index contributed by atoms with van der Waals surface area (Å²) in [6.45, 7) is 9.34. The van der Waals surface area contributed by atoms with Crippen molar-refractivity contribution in [2.45, 2.75) is 44.7 Å². The molecule has 2 aromatic rings. The maximum Gasteiger partial charge on any atom is 0.416 e. The maximum absolute atomic E-state index is 13.5. The summed E-state index contributed by atoms with van der Waals surface area (Å²) in [6, 6.07) is 10.3. The first-order valence-corrected chi connectivity index (χ1v) is 13.3. The number of carbonyl (C=O) groups is 1. The van der Waals surface area contributed by atoms with Crippen molar-refractivity contribution in [2.75, 3.05) is 45.8 Å². The molecular formula is C27H32Cl2F3N3O2. The lowest BCUT2D eigenvalue weighted by Gasteiger charge is -2.43. The minimum absolute atomic E-state index is 0.0503. The third-order valence-electron chi connectivity index (χ3n) is 6.91. The number of ether oxygens (including phenoxy) is 1. The highest BCUT2D eigenvalue weighted by Gasteiger charge is 2.35. The maximum atomic E-state index is 13.5. The van der Waals surface area contributed by atoms with Gasteiger partial charge in [0.1, 0.15) is 0 Å². The summed E-state index contributed by atoms with van der Waals surface area (Å²) in [5.74, 6) is -0.442. The van der Waals surface area contributed by atoms with Crippen molar-refractivity contribution in [3.63, 3.8) is 0 Å². The smallest absolute Gasteiger partial charge is 0.373 e. The largest absolute Gasteiger partial charge is 0.416 e. The molecule has 2 saturated heterocycles. The Kier molecular flexibility index (Phi) is 9.07. The summed E-state index contributed by atoms with van der Waals surface area (Å²) in [4.78, 5) is 19.9. The molecule has 5 nitrogen and oxygen atoms in total. The number of halogens is 5. The van der Waals surface area contributed by atoms with Gasteiger partial charge in [-0.1, -0.05) is 35.3 Å². The first kappa shape index (κ1) is 28.2. The summed E-state index contributed by atoms with van der Waals surface area (Å²) >= 11 is 12.0. The summed E-state index contributed by atoms with van der Waals surface area (Å²) in [7, 11) is 0. The van der Waals surface area contributed by atoms with Gasteiger partial charge in [0.05, 0.1) is 17.8 Å². The van der Waals surface area contributed by atoms with Crippen LogP contribution in [0.1, 0.15) is 35.3 Å². The van der Waals surface area contributed by atoms with Gasteiger partial charge in [-0.3, -0.25) is 14.6 Å². The van der Waals surface area contributed by atoms with E-state index in [9.17, 15) is 18.0 Å². The predicted molar refractivity (Wildman–Crippen MR) is 139 cm³/mol. The molecule has 0 spiro atoms. The Labute approximate surface area is 226 Å². The minimum atomic E-state index is -4.59. The second-order valence-corrected chi connectivity index (χ2v) is 10.9. The number of hydrogen-bond donors (Lipinski definition) is 0. The molecule has 0 aromatic heterocycles. The highest BCUT2D eigenvalue weighted by Crippen LogP contribution is 2.32. The van der Waals surface area contributed by atoms with Crippen LogP contribution in [-0.4, -0.2) is 84.7 Å². The van der Waals surface area contributed by atoms with Crippen LogP contribution in [0.15, 0.2) is 42.5 Å². The lowest BCUT2D eigenvalue weighted by Crippen LogP contribution is -2.57. The molecule has 2 aliphatic heterocycles. The fraction of sp³-hybridized carbons (Fsp3) is 0.519. The second kappa shape index (κ2) is 11.9. The lowest BCUT2D eigenvalue weighted by atomic mass is 10.00. The Bertz CT molecular complexity index is 1070. The standard InChI is InChI=1S/C27H32Cl2F3N3O2/c1-18-15-34(16-19(2)37-18)8-7-33-9-10-35(25(17-33)11-20-3-5-23(28)6-4-20)26(36)21-12-22(27(30,31)32)14-24(29)13-21/h3-6,12-14,18-19,25H,7-11,15-17H2,1-2H3/t18-,19+,25-/m1/s1. The molecule has 3 atom stereocenters. The van der Waals surface area contributed by atoms with E-state index in [-0.39, 0.29) is 28.8 Å². The van der Waals surface area contributed by atoms with E-state index in [0.717, 1.165) is 43.9 Å². The molecule has 0 radical (unpaired) electrons. The van der Waals surface area contributed by atoms with E-state index in [1.165, 1.54) is 6.07 Å². The van der Waals surface area contributed by atoms with Crippen LogP contribution in [0.3, 0.4) is 0 Å². The zero-order valence-electron chi connectivity index (χ0n) is 21.0. The molecule has 0 bridgehead atoms. The zero-order valence-corrected chi connectivity index (χ0v) is 22.5. The van der Waals surface area contributed by atoms with Gasteiger partial charge in [-0.15, -0.1) is 0 Å². The van der Waals surface area contributed by atoms with E-state index in [0.29, 0.717) is 31.1 Å². The van der Waals surface area contributed by atoms with Crippen LogP contribution in [0.2, 0.25) is 10.0 Å². The van der Waals surface area contributed by atoms with Crippen molar-refractivity contribution in [1.29, 1.82) is 0 Å². The van der Waals surface area contributed by atoms with Gasteiger partial charge in [0.15, 0.2) is 0 Å². The predicted octanol–water partition coefficient (Wildman–Crippen LogP) is 5.49. The summed E-state index contributed by atoms with van der Waals surface area (Å²) in [5.41, 5.74) is 0.0304. The number of hydrogen-bond acceptors (Lipinski definition) is 4. The van der Waals surface area contributed by atoms with Gasteiger partial charge in [-0.05, 0) is 56.2 Å². The molecule has 0 unspecified atom stereocenters. The van der Waals surface area contributed by atoms with Gasteiger partial charge in [-0.25, -0.2) is 0 Å². The number of rotatable bonds is 6. The van der Waals surface area contributed by atoms with Crippen LogP contribution >= 0.6 is 23.2 Å². The van der Waals surface area contributed by atoms with Gasteiger partial charge in [0.25, 0.3) is 5.91 Å². The molecular weight excluding hydrogens is 526 g/mol. The number of alkyl halides is 3. The van der Waals surface area contributed by atoms with E-state index in [1.807, 2.05) is 12.1 Å². The van der Waals surface area contributed by atoms with Crippen LogP contribution < -0.4 is 0 Å². The Morgan fingerprint density at radius 2 is 1.57 bits per heavy atom. The van der Waals surface area contributed by atoms with Gasteiger partial charge < -0.3 is 9.64 Å². The lowest BCUT2D eigenvalue weighted by molar-refractivity contribution is -0.137. The van der Waals surface area contributed by atoms with Crippen molar-refractivity contribution in [1.82, 2.24) is 14.7 Å². The molecule has 2 aliphatic rings. The zero-order chi connectivity index (χ0) is 26.7. The fourth-order valence-corrected chi connectivity index (χ4v) is 5.61. The highest BCUT2D eigenvalue weighted by atomic mass is 35.5. The van der Waals surface area contributed by atoms with Crippen LogP contribution in [0, 0.1) is 0 Å². The number of carbonyl (C=O) groups excluding carboxylic acids is 1. The van der Waals surface area contributed by atoms with Crippen molar-refractivity contribution < 1.29 is 22.7 Å². The van der Waals surface area contributed by atoms with E-state index >= 15 is 0 Å². The van der Waals surface area contributed by atoms with Crippen LogP contribution in [0.5, 0.6) is 0 Å². The second-order valence-electron chi connectivity index (χ2n) is 10.0. The van der Waals surface area contributed by atoms with Crippen LogP contribution in [0.4, 0.5) is 13.2 Å². The molecule has 0 saturated carbocycles. The highest BCUT2D eigenvalue weighted by molar-refractivity contribution is 6.31. The van der Waals surface area contributed by atoms with Crippen molar-refractivity contribution >= 4 is 29.1 Å². The molecule has 10 heteroatoms. The molecule has 202 valence electrons. The van der Waals surface area contributed by atoms with Gasteiger partial charge in [0, 0.05) is 67.5 Å². The quantitative estimate of drug-likeness (QED) is 0.470. The van der Waals surface area contributed by atoms with E-state index in [4.69, 9.17) is 27.9 Å². The fourth-order valence-electron chi connectivity index (χ4n) is 5.25.